The zero-order valence-electron chi connectivity index (χ0n) is 10.5. The molecule has 2 unspecified atom stereocenters. The van der Waals surface area contributed by atoms with Gasteiger partial charge in [-0.15, -0.1) is 0 Å². The van der Waals surface area contributed by atoms with Gasteiger partial charge in [0.1, 0.15) is 0 Å². The standard InChI is InChI=1S/C13H20F2N2/c1-9-4-6-11(7-5-9)13(16)10(2)17(3)8-12(14)15/h4-7,10,12-13H,8,16H2,1-3H3. The average molecular weight is 242 g/mol. The summed E-state index contributed by atoms with van der Waals surface area (Å²) < 4.78 is 24.6. The van der Waals surface area contributed by atoms with Gasteiger partial charge in [0.15, 0.2) is 0 Å². The molecular weight excluding hydrogens is 222 g/mol. The highest BCUT2D eigenvalue weighted by molar-refractivity contribution is 5.24. The van der Waals surface area contributed by atoms with Crippen LogP contribution in [0.1, 0.15) is 24.1 Å². The van der Waals surface area contributed by atoms with Crippen LogP contribution in [-0.4, -0.2) is 31.0 Å². The van der Waals surface area contributed by atoms with Crippen molar-refractivity contribution in [3.63, 3.8) is 0 Å². The van der Waals surface area contributed by atoms with E-state index in [4.69, 9.17) is 5.73 Å². The third-order valence-electron chi connectivity index (χ3n) is 3.10. The highest BCUT2D eigenvalue weighted by Crippen LogP contribution is 2.18. The maximum atomic E-state index is 12.3. The predicted octanol–water partition coefficient (Wildman–Crippen LogP) is 2.58. The van der Waals surface area contributed by atoms with Crippen LogP contribution in [0.3, 0.4) is 0 Å². The predicted molar refractivity (Wildman–Crippen MR) is 66.2 cm³/mol. The van der Waals surface area contributed by atoms with Crippen molar-refractivity contribution in [1.82, 2.24) is 4.90 Å². The van der Waals surface area contributed by atoms with Crippen molar-refractivity contribution in [3.8, 4) is 0 Å². The molecule has 0 spiro atoms. The number of hydrogen-bond acceptors (Lipinski definition) is 2. The largest absolute Gasteiger partial charge is 0.323 e. The third kappa shape index (κ3) is 4.06. The average Bonchev–Trinajstić information content (AvgIpc) is 2.27. The molecule has 0 aromatic heterocycles. The van der Waals surface area contributed by atoms with Crippen molar-refractivity contribution >= 4 is 0 Å². The summed E-state index contributed by atoms with van der Waals surface area (Å²) >= 11 is 0. The first-order chi connectivity index (χ1) is 7.91. The van der Waals surface area contributed by atoms with Gasteiger partial charge in [-0.2, -0.15) is 0 Å². The quantitative estimate of drug-likeness (QED) is 0.860. The van der Waals surface area contributed by atoms with Crippen LogP contribution < -0.4 is 5.73 Å². The number of aryl methyl sites for hydroxylation is 1. The van der Waals surface area contributed by atoms with E-state index in [9.17, 15) is 8.78 Å². The lowest BCUT2D eigenvalue weighted by Gasteiger charge is -2.29. The zero-order chi connectivity index (χ0) is 13.0. The molecule has 2 N–H and O–H groups in total. The van der Waals surface area contributed by atoms with Crippen LogP contribution in [0.5, 0.6) is 0 Å². The van der Waals surface area contributed by atoms with Gasteiger partial charge in [0, 0.05) is 12.1 Å². The van der Waals surface area contributed by atoms with Gasteiger partial charge in [-0.25, -0.2) is 8.78 Å². The van der Waals surface area contributed by atoms with Crippen molar-refractivity contribution in [2.24, 2.45) is 5.73 Å². The van der Waals surface area contributed by atoms with Crippen molar-refractivity contribution in [2.45, 2.75) is 32.4 Å². The second-order valence-corrected chi connectivity index (χ2v) is 4.51. The molecule has 0 saturated carbocycles. The summed E-state index contributed by atoms with van der Waals surface area (Å²) in [6.07, 6.45) is -2.33. The van der Waals surface area contributed by atoms with Gasteiger partial charge < -0.3 is 5.73 Å². The summed E-state index contributed by atoms with van der Waals surface area (Å²) in [6, 6.07) is 7.50. The van der Waals surface area contributed by atoms with Crippen LogP contribution >= 0.6 is 0 Å². The van der Waals surface area contributed by atoms with Gasteiger partial charge in [0.2, 0.25) is 0 Å². The maximum absolute atomic E-state index is 12.3. The first-order valence-electron chi connectivity index (χ1n) is 5.72. The van der Waals surface area contributed by atoms with Gasteiger partial charge in [-0.3, -0.25) is 4.90 Å². The number of likely N-dealkylation sites (N-methyl/N-ethyl adjacent to an activating group) is 1. The second-order valence-electron chi connectivity index (χ2n) is 4.51. The summed E-state index contributed by atoms with van der Waals surface area (Å²) in [7, 11) is 1.67. The Morgan fingerprint density at radius 3 is 2.24 bits per heavy atom. The zero-order valence-corrected chi connectivity index (χ0v) is 10.5. The molecule has 0 fully saturated rings. The normalized spacial score (nSPS) is 15.3. The Balaban J connectivity index is 2.68. The summed E-state index contributed by atoms with van der Waals surface area (Å²) in [5.74, 6) is 0. The highest BCUT2D eigenvalue weighted by atomic mass is 19.3. The van der Waals surface area contributed by atoms with Crippen molar-refractivity contribution in [2.75, 3.05) is 13.6 Å². The second kappa shape index (κ2) is 6.07. The van der Waals surface area contributed by atoms with Crippen LogP contribution in [0, 0.1) is 6.92 Å². The molecule has 1 rings (SSSR count). The maximum Gasteiger partial charge on any atom is 0.251 e. The van der Waals surface area contributed by atoms with Crippen LogP contribution in [0.4, 0.5) is 8.78 Å². The van der Waals surface area contributed by atoms with Crippen LogP contribution in [0.15, 0.2) is 24.3 Å². The Bertz CT molecular complexity index is 338. The van der Waals surface area contributed by atoms with E-state index >= 15 is 0 Å². The number of alkyl halides is 2. The molecule has 2 nitrogen and oxygen atoms in total. The minimum atomic E-state index is -2.33. The van der Waals surface area contributed by atoms with Crippen molar-refractivity contribution in [3.05, 3.63) is 35.4 Å². The lowest BCUT2D eigenvalue weighted by atomic mass is 9.99. The Labute approximate surface area is 101 Å². The Morgan fingerprint density at radius 2 is 1.76 bits per heavy atom. The molecule has 4 heteroatoms. The molecule has 1 aromatic carbocycles. The molecule has 0 aliphatic rings. The summed E-state index contributed by atoms with van der Waals surface area (Å²) in [4.78, 5) is 1.59. The highest BCUT2D eigenvalue weighted by Gasteiger charge is 2.21. The van der Waals surface area contributed by atoms with E-state index < -0.39 is 6.43 Å². The van der Waals surface area contributed by atoms with Crippen molar-refractivity contribution < 1.29 is 8.78 Å². The van der Waals surface area contributed by atoms with E-state index in [-0.39, 0.29) is 18.6 Å². The summed E-state index contributed by atoms with van der Waals surface area (Å²) in [5.41, 5.74) is 8.22. The van der Waals surface area contributed by atoms with Gasteiger partial charge in [0.05, 0.1) is 6.54 Å². The van der Waals surface area contributed by atoms with E-state index in [0.717, 1.165) is 11.1 Å². The molecule has 0 bridgehead atoms. The van der Waals surface area contributed by atoms with Gasteiger partial charge in [0.25, 0.3) is 6.43 Å². The van der Waals surface area contributed by atoms with Crippen LogP contribution in [0.25, 0.3) is 0 Å². The first kappa shape index (κ1) is 14.1. The van der Waals surface area contributed by atoms with Crippen LogP contribution in [-0.2, 0) is 0 Å². The number of hydrogen-bond donors (Lipinski definition) is 1. The van der Waals surface area contributed by atoms with E-state index in [1.807, 2.05) is 38.1 Å². The van der Waals surface area contributed by atoms with Crippen molar-refractivity contribution in [1.29, 1.82) is 0 Å². The summed E-state index contributed by atoms with van der Waals surface area (Å²) in [6.45, 7) is 3.62. The number of benzene rings is 1. The number of nitrogens with zero attached hydrogens (tertiary/aromatic N) is 1. The fourth-order valence-electron chi connectivity index (χ4n) is 1.73. The smallest absolute Gasteiger partial charge is 0.251 e. The molecule has 17 heavy (non-hydrogen) atoms. The lowest BCUT2D eigenvalue weighted by Crippen LogP contribution is -2.40. The number of halogens is 2. The van der Waals surface area contributed by atoms with E-state index in [1.165, 1.54) is 0 Å². The van der Waals surface area contributed by atoms with Crippen LogP contribution in [0.2, 0.25) is 0 Å². The fourth-order valence-corrected chi connectivity index (χ4v) is 1.73. The number of rotatable bonds is 5. The van der Waals surface area contributed by atoms with Gasteiger partial charge >= 0.3 is 0 Å². The number of nitrogens with two attached hydrogens (primary N) is 1. The molecule has 0 saturated heterocycles. The molecule has 0 amide bonds. The molecular formula is C13H20F2N2. The monoisotopic (exact) mass is 242 g/mol. The molecule has 0 aliphatic carbocycles. The SMILES string of the molecule is Cc1ccc(C(N)C(C)N(C)CC(F)F)cc1. The molecule has 2 atom stereocenters. The Kier molecular flexibility index (Phi) is 5.02. The minimum absolute atomic E-state index is 0.119. The Hall–Kier alpha value is -1.00. The Morgan fingerprint density at radius 1 is 1.24 bits per heavy atom. The molecule has 0 heterocycles. The van der Waals surface area contributed by atoms with Gasteiger partial charge in [-0.05, 0) is 26.5 Å². The molecule has 1 aromatic rings. The topological polar surface area (TPSA) is 29.3 Å². The minimum Gasteiger partial charge on any atom is -0.323 e. The summed E-state index contributed by atoms with van der Waals surface area (Å²) in [5, 5.41) is 0. The van der Waals surface area contributed by atoms with Gasteiger partial charge in [-0.1, -0.05) is 29.8 Å². The fraction of sp³-hybridized carbons (Fsp3) is 0.538. The lowest BCUT2D eigenvalue weighted by molar-refractivity contribution is 0.0784. The van der Waals surface area contributed by atoms with E-state index in [1.54, 1.807) is 11.9 Å². The van der Waals surface area contributed by atoms with E-state index in [2.05, 4.69) is 0 Å². The third-order valence-corrected chi connectivity index (χ3v) is 3.10. The first-order valence-corrected chi connectivity index (χ1v) is 5.72. The molecule has 0 aliphatic heterocycles. The molecule has 96 valence electrons. The molecule has 0 radical (unpaired) electrons. The van der Waals surface area contributed by atoms with E-state index in [0.29, 0.717) is 0 Å².